The van der Waals surface area contributed by atoms with Crippen molar-refractivity contribution in [3.8, 4) is 0 Å². The molecular formula is C11H14N2O4. The van der Waals surface area contributed by atoms with E-state index < -0.39 is 5.97 Å². The number of hydrogen-bond donors (Lipinski definition) is 1. The summed E-state index contributed by atoms with van der Waals surface area (Å²) >= 11 is 0. The number of methoxy groups -OCH3 is 2. The van der Waals surface area contributed by atoms with Gasteiger partial charge in [0.1, 0.15) is 11.4 Å². The first-order valence-corrected chi connectivity index (χ1v) is 4.89. The molecule has 1 aromatic heterocycles. The lowest BCUT2D eigenvalue weighted by Crippen LogP contribution is -2.09. The summed E-state index contributed by atoms with van der Waals surface area (Å²) in [5.41, 5.74) is 0.914. The first-order chi connectivity index (χ1) is 8.13. The summed E-state index contributed by atoms with van der Waals surface area (Å²) in [6, 6.07) is 0. The molecule has 0 spiro atoms. The van der Waals surface area contributed by atoms with Crippen LogP contribution in [-0.4, -0.2) is 35.3 Å². The second-order valence-electron chi connectivity index (χ2n) is 3.19. The molecule has 0 aromatic carbocycles. The Labute approximate surface area is 98.9 Å². The van der Waals surface area contributed by atoms with Crippen LogP contribution in [0, 0.1) is 6.92 Å². The summed E-state index contributed by atoms with van der Waals surface area (Å²) in [5.74, 6) is -0.0616. The van der Waals surface area contributed by atoms with E-state index in [9.17, 15) is 9.90 Å². The summed E-state index contributed by atoms with van der Waals surface area (Å²) in [4.78, 5) is 19.6. The molecule has 0 radical (unpaired) electrons. The molecule has 0 aliphatic heterocycles. The highest BCUT2D eigenvalue weighted by molar-refractivity contribution is 6.16. The van der Waals surface area contributed by atoms with E-state index in [1.165, 1.54) is 26.7 Å². The number of carbonyl (C=O) groups is 1. The van der Waals surface area contributed by atoms with E-state index in [2.05, 4.69) is 14.7 Å². The maximum absolute atomic E-state index is 11.5. The van der Waals surface area contributed by atoms with Crippen molar-refractivity contribution in [1.29, 1.82) is 0 Å². The van der Waals surface area contributed by atoms with E-state index >= 15 is 0 Å². The molecule has 0 atom stereocenters. The molecule has 6 heteroatoms. The van der Waals surface area contributed by atoms with Crippen LogP contribution in [0.5, 0.6) is 0 Å². The Kier molecular flexibility index (Phi) is 4.59. The number of hydrogen-bond acceptors (Lipinski definition) is 6. The van der Waals surface area contributed by atoms with Crippen LogP contribution in [-0.2, 0) is 20.9 Å². The fourth-order valence-electron chi connectivity index (χ4n) is 1.31. The largest absolute Gasteiger partial charge is 0.503 e. The van der Waals surface area contributed by atoms with Gasteiger partial charge in [-0.25, -0.2) is 14.8 Å². The van der Waals surface area contributed by atoms with E-state index in [1.807, 2.05) is 0 Å². The van der Waals surface area contributed by atoms with Crippen LogP contribution in [0.15, 0.2) is 12.5 Å². The third-order valence-electron chi connectivity index (χ3n) is 2.07. The second-order valence-corrected chi connectivity index (χ2v) is 3.19. The molecular weight excluding hydrogens is 224 g/mol. The topological polar surface area (TPSA) is 81.5 Å². The first kappa shape index (κ1) is 13.1. The molecule has 1 heterocycles. The lowest BCUT2D eigenvalue weighted by molar-refractivity contribution is -0.133. The standard InChI is InChI=1S/C11H14N2O4/c1-7-12-4-8(10(5-14)13-7)9(6-16-2)11(15)17-3/h4,6,14H,5H2,1-3H3/b9-6+. The lowest BCUT2D eigenvalue weighted by atomic mass is 10.1. The Bertz CT molecular complexity index is 443. The van der Waals surface area contributed by atoms with E-state index in [1.54, 1.807) is 6.92 Å². The SMILES string of the molecule is CO/C=C(/C(=O)OC)c1cnc(C)nc1CO. The van der Waals surface area contributed by atoms with Gasteiger partial charge in [-0.3, -0.25) is 0 Å². The van der Waals surface area contributed by atoms with Gasteiger partial charge in [-0.15, -0.1) is 0 Å². The number of ether oxygens (including phenoxy) is 2. The van der Waals surface area contributed by atoms with E-state index in [4.69, 9.17) is 4.74 Å². The van der Waals surface area contributed by atoms with Gasteiger partial charge in [0.25, 0.3) is 0 Å². The molecule has 17 heavy (non-hydrogen) atoms. The highest BCUT2D eigenvalue weighted by Crippen LogP contribution is 2.19. The molecule has 0 saturated heterocycles. The summed E-state index contributed by atoms with van der Waals surface area (Å²) in [5, 5.41) is 9.20. The highest BCUT2D eigenvalue weighted by Gasteiger charge is 2.18. The molecule has 0 aliphatic carbocycles. The molecule has 0 fully saturated rings. The van der Waals surface area contributed by atoms with Crippen molar-refractivity contribution in [2.24, 2.45) is 0 Å². The predicted octanol–water partition coefficient (Wildman–Crippen LogP) is 0.438. The Morgan fingerprint density at radius 3 is 2.76 bits per heavy atom. The Hall–Kier alpha value is -1.95. The first-order valence-electron chi connectivity index (χ1n) is 4.89. The molecule has 92 valence electrons. The van der Waals surface area contributed by atoms with E-state index in [0.717, 1.165) is 0 Å². The molecule has 0 aliphatic rings. The maximum Gasteiger partial charge on any atom is 0.341 e. The molecule has 0 amide bonds. The van der Waals surface area contributed by atoms with Crippen LogP contribution >= 0.6 is 0 Å². The number of nitrogens with zero attached hydrogens (tertiary/aromatic N) is 2. The summed E-state index contributed by atoms with van der Waals surface area (Å²) in [6.07, 6.45) is 2.69. The zero-order valence-electron chi connectivity index (χ0n) is 9.93. The Morgan fingerprint density at radius 1 is 1.53 bits per heavy atom. The van der Waals surface area contributed by atoms with Crippen LogP contribution in [0.25, 0.3) is 5.57 Å². The van der Waals surface area contributed by atoms with Crippen molar-refractivity contribution < 1.29 is 19.4 Å². The third kappa shape index (κ3) is 3.01. The lowest BCUT2D eigenvalue weighted by Gasteiger charge is -2.09. The van der Waals surface area contributed by atoms with Crippen LogP contribution in [0.1, 0.15) is 17.1 Å². The van der Waals surface area contributed by atoms with Gasteiger partial charge >= 0.3 is 5.97 Å². The van der Waals surface area contributed by atoms with Crippen molar-refractivity contribution >= 4 is 11.5 Å². The predicted molar refractivity (Wildman–Crippen MR) is 59.7 cm³/mol. The van der Waals surface area contributed by atoms with Crippen LogP contribution in [0.3, 0.4) is 0 Å². The van der Waals surface area contributed by atoms with Gasteiger partial charge < -0.3 is 14.6 Å². The average molecular weight is 238 g/mol. The third-order valence-corrected chi connectivity index (χ3v) is 2.07. The molecule has 0 unspecified atom stereocenters. The zero-order valence-corrected chi connectivity index (χ0v) is 9.93. The molecule has 0 saturated carbocycles. The molecule has 1 rings (SSSR count). The van der Waals surface area contributed by atoms with Gasteiger partial charge in [0.15, 0.2) is 0 Å². The van der Waals surface area contributed by atoms with Crippen LogP contribution in [0.4, 0.5) is 0 Å². The molecule has 6 nitrogen and oxygen atoms in total. The van der Waals surface area contributed by atoms with Gasteiger partial charge in [-0.05, 0) is 6.92 Å². The number of aliphatic hydroxyl groups is 1. The van der Waals surface area contributed by atoms with E-state index in [0.29, 0.717) is 17.1 Å². The highest BCUT2D eigenvalue weighted by atomic mass is 16.5. The minimum Gasteiger partial charge on any atom is -0.503 e. The van der Waals surface area contributed by atoms with Crippen molar-refractivity contribution in [2.75, 3.05) is 14.2 Å². The summed E-state index contributed by atoms with van der Waals surface area (Å²) in [6.45, 7) is 1.40. The summed E-state index contributed by atoms with van der Waals surface area (Å²) in [7, 11) is 2.68. The number of carbonyl (C=O) groups excluding carboxylic acids is 1. The van der Waals surface area contributed by atoms with Crippen LogP contribution < -0.4 is 0 Å². The number of rotatable bonds is 4. The minimum absolute atomic E-state index is 0.166. The van der Waals surface area contributed by atoms with Crippen molar-refractivity contribution in [3.05, 3.63) is 29.5 Å². The van der Waals surface area contributed by atoms with E-state index in [-0.39, 0.29) is 12.2 Å². The quantitative estimate of drug-likeness (QED) is 0.465. The summed E-state index contributed by atoms with van der Waals surface area (Å²) < 4.78 is 9.44. The number of aromatic nitrogens is 2. The monoisotopic (exact) mass is 238 g/mol. The van der Waals surface area contributed by atoms with Gasteiger partial charge in [0, 0.05) is 11.8 Å². The zero-order chi connectivity index (χ0) is 12.8. The van der Waals surface area contributed by atoms with Gasteiger partial charge in [-0.1, -0.05) is 0 Å². The number of aliphatic hydroxyl groups excluding tert-OH is 1. The number of aryl methyl sites for hydroxylation is 1. The van der Waals surface area contributed by atoms with Crippen molar-refractivity contribution in [2.45, 2.75) is 13.5 Å². The fraction of sp³-hybridized carbons (Fsp3) is 0.364. The van der Waals surface area contributed by atoms with Gasteiger partial charge in [0.05, 0.1) is 32.8 Å². The number of esters is 1. The second kappa shape index (κ2) is 5.95. The van der Waals surface area contributed by atoms with Crippen molar-refractivity contribution in [1.82, 2.24) is 9.97 Å². The van der Waals surface area contributed by atoms with Gasteiger partial charge in [-0.2, -0.15) is 0 Å². The average Bonchev–Trinajstić information content (AvgIpc) is 2.35. The normalized spacial score (nSPS) is 11.2. The smallest absolute Gasteiger partial charge is 0.341 e. The molecule has 1 aromatic rings. The van der Waals surface area contributed by atoms with Crippen LogP contribution in [0.2, 0.25) is 0 Å². The molecule has 0 bridgehead atoms. The Morgan fingerprint density at radius 2 is 2.24 bits per heavy atom. The molecule has 1 N–H and O–H groups in total. The van der Waals surface area contributed by atoms with Gasteiger partial charge in [0.2, 0.25) is 0 Å². The maximum atomic E-state index is 11.5. The Balaban J connectivity index is 3.28. The minimum atomic E-state index is -0.575. The fourth-order valence-corrected chi connectivity index (χ4v) is 1.31. The van der Waals surface area contributed by atoms with Crippen molar-refractivity contribution in [3.63, 3.8) is 0 Å².